The third kappa shape index (κ3) is 4.45. The van der Waals surface area contributed by atoms with E-state index in [1.807, 2.05) is 36.9 Å². The van der Waals surface area contributed by atoms with Crippen LogP contribution in [0.3, 0.4) is 0 Å². The summed E-state index contributed by atoms with van der Waals surface area (Å²) in [7, 11) is 0. The van der Waals surface area contributed by atoms with Gasteiger partial charge in [0, 0.05) is 54.6 Å². The summed E-state index contributed by atoms with van der Waals surface area (Å²) >= 11 is 0. The van der Waals surface area contributed by atoms with E-state index >= 15 is 0 Å². The molecule has 154 valence electrons. The van der Waals surface area contributed by atoms with E-state index in [1.165, 1.54) is 12.1 Å². The minimum atomic E-state index is -0.317. The summed E-state index contributed by atoms with van der Waals surface area (Å²) in [6, 6.07) is 11.9. The fraction of sp³-hybridized carbons (Fsp3) is 0.304. The monoisotopic (exact) mass is 405 g/mol. The number of pyridine rings is 1. The highest BCUT2D eigenvalue weighted by molar-refractivity contribution is 5.78. The third-order valence-electron chi connectivity index (χ3n) is 5.18. The molecule has 1 aliphatic heterocycles. The molecule has 4 rings (SSSR count). The Bertz CT molecular complexity index is 1040. The van der Waals surface area contributed by atoms with E-state index in [0.29, 0.717) is 30.4 Å². The van der Waals surface area contributed by atoms with Crippen LogP contribution in [0.2, 0.25) is 0 Å². The van der Waals surface area contributed by atoms with Crippen LogP contribution in [-0.4, -0.2) is 38.8 Å². The summed E-state index contributed by atoms with van der Waals surface area (Å²) in [5.74, 6) is 1.14. The van der Waals surface area contributed by atoms with Crippen LogP contribution in [0.5, 0.6) is 0 Å². The minimum absolute atomic E-state index is 0.0296. The average molecular weight is 405 g/mol. The van der Waals surface area contributed by atoms with Crippen molar-refractivity contribution in [2.75, 3.05) is 18.4 Å². The normalized spacial score (nSPS) is 16.1. The molecule has 0 bridgehead atoms. The molecule has 6 nitrogen and oxygen atoms in total. The molecule has 1 saturated heterocycles. The molecule has 1 N–H and O–H groups in total. The van der Waals surface area contributed by atoms with E-state index < -0.39 is 0 Å². The fourth-order valence-corrected chi connectivity index (χ4v) is 3.63. The Morgan fingerprint density at radius 3 is 2.70 bits per heavy atom. The number of nitrogens with zero attached hydrogens (tertiary/aromatic N) is 4. The van der Waals surface area contributed by atoms with Crippen LogP contribution in [0.25, 0.3) is 11.3 Å². The predicted molar refractivity (Wildman–Crippen MR) is 114 cm³/mol. The highest BCUT2D eigenvalue weighted by Crippen LogP contribution is 2.30. The molecule has 0 unspecified atom stereocenters. The lowest BCUT2D eigenvalue weighted by Crippen LogP contribution is -2.32. The number of rotatable bonds is 5. The molecule has 30 heavy (non-hydrogen) atoms. The Kier molecular flexibility index (Phi) is 5.70. The number of benzene rings is 1. The van der Waals surface area contributed by atoms with Crippen molar-refractivity contribution in [3.8, 4) is 11.3 Å². The van der Waals surface area contributed by atoms with Crippen LogP contribution >= 0.6 is 0 Å². The van der Waals surface area contributed by atoms with Gasteiger partial charge in [-0.3, -0.25) is 9.78 Å². The Morgan fingerprint density at radius 1 is 1.17 bits per heavy atom. The summed E-state index contributed by atoms with van der Waals surface area (Å²) in [5, 5.41) is 3.18. The third-order valence-corrected chi connectivity index (χ3v) is 5.18. The summed E-state index contributed by atoms with van der Waals surface area (Å²) in [6.45, 7) is 5.14. The maximum Gasteiger partial charge on any atom is 0.225 e. The van der Waals surface area contributed by atoms with E-state index in [2.05, 4.69) is 10.3 Å². The smallest absolute Gasteiger partial charge is 0.225 e. The zero-order valence-electron chi connectivity index (χ0n) is 17.0. The maximum absolute atomic E-state index is 13.6. The van der Waals surface area contributed by atoms with Crippen LogP contribution in [0.4, 0.5) is 15.9 Å². The first kappa shape index (κ1) is 19.9. The molecule has 2 aromatic heterocycles. The van der Waals surface area contributed by atoms with Gasteiger partial charge in [-0.05, 0) is 36.8 Å². The number of anilines is 2. The fourth-order valence-electron chi connectivity index (χ4n) is 3.63. The topological polar surface area (TPSA) is 71.0 Å². The van der Waals surface area contributed by atoms with Gasteiger partial charge < -0.3 is 10.2 Å². The lowest BCUT2D eigenvalue weighted by atomic mass is 10.1. The summed E-state index contributed by atoms with van der Waals surface area (Å²) < 4.78 is 13.6. The molecular weight excluding hydrogens is 381 g/mol. The highest BCUT2D eigenvalue weighted by Gasteiger charge is 2.30. The maximum atomic E-state index is 13.6. The number of nitrogens with one attached hydrogen (secondary N) is 1. The van der Waals surface area contributed by atoms with Crippen LogP contribution in [0, 0.1) is 11.7 Å². The number of hydrogen-bond acceptors (Lipinski definition) is 5. The molecule has 1 aromatic carbocycles. The van der Waals surface area contributed by atoms with Gasteiger partial charge in [-0.15, -0.1) is 0 Å². The lowest BCUT2D eigenvalue weighted by Gasteiger charge is -2.19. The van der Waals surface area contributed by atoms with Crippen LogP contribution < -0.4 is 5.32 Å². The number of carbonyl (C=O) groups is 1. The van der Waals surface area contributed by atoms with E-state index in [1.54, 1.807) is 24.5 Å². The van der Waals surface area contributed by atoms with Crippen molar-refractivity contribution in [2.24, 2.45) is 5.92 Å². The standard InChI is InChI=1S/C23H24FN5O/c1-15(2)23(30)29-11-8-17(14-29)22-27-20(16-6-9-25-10-7-16)13-21(28-22)26-19-5-3-4-18(24)12-19/h3-7,9-10,12-13,15,17H,8,11,14H2,1-2H3,(H,26,27,28)/t17-/m1/s1. The average Bonchev–Trinajstić information content (AvgIpc) is 3.24. The molecule has 0 aliphatic carbocycles. The predicted octanol–water partition coefficient (Wildman–Crippen LogP) is 4.39. The first-order chi connectivity index (χ1) is 14.5. The Hall–Kier alpha value is -3.35. The molecule has 3 aromatic rings. The molecule has 7 heteroatoms. The van der Waals surface area contributed by atoms with Crippen molar-refractivity contribution in [1.82, 2.24) is 19.9 Å². The lowest BCUT2D eigenvalue weighted by molar-refractivity contribution is -0.133. The number of hydrogen-bond donors (Lipinski definition) is 1. The minimum Gasteiger partial charge on any atom is -0.342 e. The summed E-state index contributed by atoms with van der Waals surface area (Å²) in [6.07, 6.45) is 4.25. The Balaban J connectivity index is 1.67. The van der Waals surface area contributed by atoms with Crippen LogP contribution in [-0.2, 0) is 4.79 Å². The van der Waals surface area contributed by atoms with Crippen LogP contribution in [0.1, 0.15) is 32.0 Å². The second kappa shape index (κ2) is 8.57. The van der Waals surface area contributed by atoms with Gasteiger partial charge in [0.25, 0.3) is 0 Å². The molecule has 1 atom stereocenters. The van der Waals surface area contributed by atoms with Gasteiger partial charge in [0.2, 0.25) is 5.91 Å². The quantitative estimate of drug-likeness (QED) is 0.682. The molecular formula is C23H24FN5O. The summed E-state index contributed by atoms with van der Waals surface area (Å²) in [5.41, 5.74) is 2.29. The van der Waals surface area contributed by atoms with E-state index in [0.717, 1.165) is 17.7 Å². The Morgan fingerprint density at radius 2 is 1.97 bits per heavy atom. The molecule has 1 fully saturated rings. The Labute approximate surface area is 175 Å². The SMILES string of the molecule is CC(C)C(=O)N1CC[C@@H](c2nc(Nc3cccc(F)c3)cc(-c3ccncc3)n2)C1. The van der Waals surface area contributed by atoms with Gasteiger partial charge in [-0.2, -0.15) is 0 Å². The van der Waals surface area contributed by atoms with Gasteiger partial charge in [-0.25, -0.2) is 14.4 Å². The highest BCUT2D eigenvalue weighted by atomic mass is 19.1. The van der Waals surface area contributed by atoms with Crippen molar-refractivity contribution in [3.05, 3.63) is 66.5 Å². The number of halogens is 1. The van der Waals surface area contributed by atoms with Crippen molar-refractivity contribution in [3.63, 3.8) is 0 Å². The van der Waals surface area contributed by atoms with Gasteiger partial charge >= 0.3 is 0 Å². The van der Waals surface area contributed by atoms with Crippen molar-refractivity contribution < 1.29 is 9.18 Å². The van der Waals surface area contributed by atoms with Crippen molar-refractivity contribution in [2.45, 2.75) is 26.2 Å². The first-order valence-electron chi connectivity index (χ1n) is 10.1. The zero-order valence-corrected chi connectivity index (χ0v) is 17.0. The van der Waals surface area contributed by atoms with Crippen LogP contribution in [0.15, 0.2) is 54.9 Å². The molecule has 0 radical (unpaired) electrons. The van der Waals surface area contributed by atoms with E-state index in [9.17, 15) is 9.18 Å². The number of carbonyl (C=O) groups excluding carboxylic acids is 1. The van der Waals surface area contributed by atoms with Gasteiger partial charge in [0.1, 0.15) is 17.5 Å². The van der Waals surface area contributed by atoms with E-state index in [4.69, 9.17) is 9.97 Å². The number of likely N-dealkylation sites (tertiary alicyclic amines) is 1. The molecule has 3 heterocycles. The largest absolute Gasteiger partial charge is 0.342 e. The van der Waals surface area contributed by atoms with E-state index in [-0.39, 0.29) is 23.6 Å². The molecule has 1 aliphatic rings. The number of aromatic nitrogens is 3. The summed E-state index contributed by atoms with van der Waals surface area (Å²) in [4.78, 5) is 27.8. The second-order valence-corrected chi connectivity index (χ2v) is 7.79. The number of amides is 1. The molecule has 0 saturated carbocycles. The molecule has 1 amide bonds. The second-order valence-electron chi connectivity index (χ2n) is 7.79. The van der Waals surface area contributed by atoms with Gasteiger partial charge in [0.05, 0.1) is 5.69 Å². The molecule has 0 spiro atoms. The van der Waals surface area contributed by atoms with Gasteiger partial charge in [-0.1, -0.05) is 19.9 Å². The van der Waals surface area contributed by atoms with Crippen molar-refractivity contribution in [1.29, 1.82) is 0 Å². The van der Waals surface area contributed by atoms with Crippen molar-refractivity contribution >= 4 is 17.4 Å². The first-order valence-corrected chi connectivity index (χ1v) is 10.1. The zero-order chi connectivity index (χ0) is 21.1. The van der Waals surface area contributed by atoms with Gasteiger partial charge in [0.15, 0.2) is 0 Å².